The Kier molecular flexibility index (Phi) is 3.22. The summed E-state index contributed by atoms with van der Waals surface area (Å²) in [5, 5.41) is 9.55. The van der Waals surface area contributed by atoms with E-state index in [4.69, 9.17) is 15.2 Å². The van der Waals surface area contributed by atoms with Crippen LogP contribution in [0.2, 0.25) is 0 Å². The van der Waals surface area contributed by atoms with Crippen LogP contribution in [0.3, 0.4) is 0 Å². The minimum atomic E-state index is -0.298. The topological polar surface area (TPSA) is 77.6 Å². The molecule has 1 heterocycles. The van der Waals surface area contributed by atoms with Crippen LogP contribution < -0.4 is 15.2 Å². The van der Waals surface area contributed by atoms with Gasteiger partial charge in [-0.25, -0.2) is 4.98 Å². The second-order valence-corrected chi connectivity index (χ2v) is 4.44. The quantitative estimate of drug-likeness (QED) is 0.796. The summed E-state index contributed by atoms with van der Waals surface area (Å²) in [6.45, 7) is 0.447. The fraction of sp³-hybridized carbons (Fsp3) is 0.583. The highest BCUT2D eigenvalue weighted by Crippen LogP contribution is 2.49. The minimum absolute atomic E-state index is 0.273. The van der Waals surface area contributed by atoms with Crippen LogP contribution in [-0.2, 0) is 5.41 Å². The number of nitrogens with zero attached hydrogens (tertiary/aromatic N) is 1. The number of pyridine rings is 1. The Morgan fingerprint density at radius 3 is 2.65 bits per heavy atom. The molecule has 17 heavy (non-hydrogen) atoms. The maximum absolute atomic E-state index is 9.55. The summed E-state index contributed by atoms with van der Waals surface area (Å²) in [4.78, 5) is 4.19. The summed E-state index contributed by atoms with van der Waals surface area (Å²) in [7, 11) is 3.18. The van der Waals surface area contributed by atoms with Crippen LogP contribution in [0.25, 0.3) is 0 Å². The van der Waals surface area contributed by atoms with Crippen molar-refractivity contribution < 1.29 is 14.6 Å². The van der Waals surface area contributed by atoms with Gasteiger partial charge in [-0.2, -0.15) is 0 Å². The van der Waals surface area contributed by atoms with E-state index in [0.717, 1.165) is 5.56 Å². The molecule has 1 fully saturated rings. The van der Waals surface area contributed by atoms with Crippen molar-refractivity contribution in [1.29, 1.82) is 0 Å². The molecule has 0 saturated heterocycles. The van der Waals surface area contributed by atoms with E-state index >= 15 is 0 Å². The van der Waals surface area contributed by atoms with Gasteiger partial charge in [-0.3, -0.25) is 0 Å². The van der Waals surface area contributed by atoms with Gasteiger partial charge in [0.25, 0.3) is 0 Å². The summed E-state index contributed by atoms with van der Waals surface area (Å²) in [6, 6.07) is 1.79. The van der Waals surface area contributed by atoms with E-state index < -0.39 is 0 Å². The first-order valence-electron chi connectivity index (χ1n) is 5.62. The van der Waals surface area contributed by atoms with Crippen molar-refractivity contribution in [2.75, 3.05) is 20.8 Å². The Morgan fingerprint density at radius 1 is 1.47 bits per heavy atom. The third-order valence-electron chi connectivity index (χ3n) is 3.47. The molecule has 5 heteroatoms. The summed E-state index contributed by atoms with van der Waals surface area (Å²) in [6.07, 6.45) is 2.60. The highest BCUT2D eigenvalue weighted by molar-refractivity contribution is 5.48. The Morgan fingerprint density at radius 2 is 2.18 bits per heavy atom. The van der Waals surface area contributed by atoms with Crippen LogP contribution >= 0.6 is 0 Å². The first-order valence-corrected chi connectivity index (χ1v) is 5.62. The van der Waals surface area contributed by atoms with Gasteiger partial charge < -0.3 is 20.3 Å². The molecule has 5 nitrogen and oxygen atoms in total. The zero-order valence-electron chi connectivity index (χ0n) is 10.1. The molecular formula is C12H18N2O3. The molecule has 0 aromatic carbocycles. The molecule has 1 saturated carbocycles. The van der Waals surface area contributed by atoms with Gasteiger partial charge in [0.1, 0.15) is 5.75 Å². The fourth-order valence-electron chi connectivity index (χ4n) is 2.55. The lowest BCUT2D eigenvalue weighted by Gasteiger charge is -2.45. The van der Waals surface area contributed by atoms with Crippen molar-refractivity contribution >= 4 is 0 Å². The number of rotatable bonds is 4. The first-order chi connectivity index (χ1) is 8.16. The van der Waals surface area contributed by atoms with Crippen LogP contribution in [0.15, 0.2) is 12.3 Å². The van der Waals surface area contributed by atoms with Crippen molar-refractivity contribution in [2.24, 2.45) is 5.73 Å². The monoisotopic (exact) mass is 238 g/mol. The molecule has 1 aliphatic rings. The average Bonchev–Trinajstić information content (AvgIpc) is 2.33. The van der Waals surface area contributed by atoms with Crippen molar-refractivity contribution in [2.45, 2.75) is 24.4 Å². The smallest absolute Gasteiger partial charge is 0.220 e. The number of methoxy groups -OCH3 is 2. The van der Waals surface area contributed by atoms with E-state index in [1.807, 2.05) is 0 Å². The summed E-state index contributed by atoms with van der Waals surface area (Å²) < 4.78 is 10.6. The first kappa shape index (κ1) is 12.1. The fourth-order valence-corrected chi connectivity index (χ4v) is 2.55. The zero-order valence-corrected chi connectivity index (χ0v) is 10.1. The lowest BCUT2D eigenvalue weighted by Crippen LogP contribution is -2.50. The van der Waals surface area contributed by atoms with Gasteiger partial charge in [-0.05, 0) is 18.9 Å². The van der Waals surface area contributed by atoms with Gasteiger partial charge >= 0.3 is 0 Å². The molecule has 0 bridgehead atoms. The molecule has 1 aromatic rings. The molecule has 0 aliphatic heterocycles. The second kappa shape index (κ2) is 4.50. The number of aliphatic hydroxyl groups is 1. The SMILES string of the molecule is COc1ccnc(OC)c1C1(CN)CC(O)C1. The molecular weight excluding hydrogens is 220 g/mol. The van der Waals surface area contributed by atoms with Gasteiger partial charge in [0.15, 0.2) is 0 Å². The van der Waals surface area contributed by atoms with E-state index in [9.17, 15) is 5.11 Å². The maximum Gasteiger partial charge on any atom is 0.220 e. The number of nitrogens with two attached hydrogens (primary N) is 1. The van der Waals surface area contributed by atoms with E-state index in [-0.39, 0.29) is 11.5 Å². The Hall–Kier alpha value is -1.33. The number of aromatic nitrogens is 1. The van der Waals surface area contributed by atoms with Crippen LogP contribution in [0.4, 0.5) is 0 Å². The van der Waals surface area contributed by atoms with E-state index in [2.05, 4.69) is 4.98 Å². The number of hydrogen-bond donors (Lipinski definition) is 2. The third-order valence-corrected chi connectivity index (χ3v) is 3.47. The van der Waals surface area contributed by atoms with Gasteiger partial charge in [0, 0.05) is 18.2 Å². The molecule has 0 atom stereocenters. The molecule has 2 rings (SSSR count). The van der Waals surface area contributed by atoms with Gasteiger partial charge in [-0.1, -0.05) is 0 Å². The van der Waals surface area contributed by atoms with Crippen molar-refractivity contribution in [1.82, 2.24) is 4.98 Å². The van der Waals surface area contributed by atoms with Gasteiger partial charge in [0.05, 0.1) is 25.9 Å². The van der Waals surface area contributed by atoms with E-state index in [1.54, 1.807) is 26.5 Å². The molecule has 3 N–H and O–H groups in total. The zero-order chi connectivity index (χ0) is 12.5. The van der Waals surface area contributed by atoms with Crippen LogP contribution in [0.5, 0.6) is 11.6 Å². The van der Waals surface area contributed by atoms with Crippen molar-refractivity contribution in [3.05, 3.63) is 17.8 Å². The molecule has 0 unspecified atom stereocenters. The minimum Gasteiger partial charge on any atom is -0.496 e. The lowest BCUT2D eigenvalue weighted by atomic mass is 9.62. The number of aliphatic hydroxyl groups excluding tert-OH is 1. The largest absolute Gasteiger partial charge is 0.496 e. The molecule has 94 valence electrons. The van der Waals surface area contributed by atoms with Crippen LogP contribution in [-0.4, -0.2) is 37.0 Å². The van der Waals surface area contributed by atoms with Gasteiger partial charge in [0.2, 0.25) is 5.88 Å². The predicted molar refractivity (Wildman–Crippen MR) is 63.3 cm³/mol. The van der Waals surface area contributed by atoms with Crippen LogP contribution in [0.1, 0.15) is 18.4 Å². The van der Waals surface area contributed by atoms with E-state index in [1.165, 1.54) is 0 Å². The summed E-state index contributed by atoms with van der Waals surface area (Å²) >= 11 is 0. The third kappa shape index (κ3) is 1.85. The molecule has 0 radical (unpaired) electrons. The highest BCUT2D eigenvalue weighted by atomic mass is 16.5. The summed E-state index contributed by atoms with van der Waals surface area (Å²) in [5.74, 6) is 1.25. The van der Waals surface area contributed by atoms with Crippen LogP contribution in [0, 0.1) is 0 Å². The lowest BCUT2D eigenvalue weighted by molar-refractivity contribution is 0.0196. The summed E-state index contributed by atoms with van der Waals surface area (Å²) in [5.41, 5.74) is 6.46. The molecule has 0 amide bonds. The Labute approximate surface area is 101 Å². The Bertz CT molecular complexity index is 380. The second-order valence-electron chi connectivity index (χ2n) is 4.44. The van der Waals surface area contributed by atoms with Crippen molar-refractivity contribution in [3.63, 3.8) is 0 Å². The normalized spacial score (nSPS) is 27.4. The maximum atomic E-state index is 9.55. The molecule has 0 spiro atoms. The van der Waals surface area contributed by atoms with Gasteiger partial charge in [-0.15, -0.1) is 0 Å². The predicted octanol–water partition coefficient (Wildman–Crippen LogP) is 0.450. The standard InChI is InChI=1S/C12H18N2O3/c1-16-9-3-4-14-11(17-2)10(9)12(7-13)5-8(15)6-12/h3-4,8,15H,5-7,13H2,1-2H3. The highest BCUT2D eigenvalue weighted by Gasteiger charge is 2.47. The number of ether oxygens (including phenoxy) is 2. The molecule has 1 aliphatic carbocycles. The number of hydrogen-bond acceptors (Lipinski definition) is 5. The van der Waals surface area contributed by atoms with Crippen molar-refractivity contribution in [3.8, 4) is 11.6 Å². The Balaban J connectivity index is 2.48. The van der Waals surface area contributed by atoms with E-state index in [0.29, 0.717) is 31.0 Å². The average molecular weight is 238 g/mol. The molecule has 1 aromatic heterocycles.